The van der Waals surface area contributed by atoms with E-state index in [-0.39, 0.29) is 37.6 Å². The predicted octanol–water partition coefficient (Wildman–Crippen LogP) is 6.40. The van der Waals surface area contributed by atoms with Gasteiger partial charge in [-0.05, 0) is 102 Å². The van der Waals surface area contributed by atoms with Gasteiger partial charge in [0.1, 0.15) is 22.8 Å². The highest BCUT2D eigenvalue weighted by atomic mass is 16.6. The van der Waals surface area contributed by atoms with Gasteiger partial charge in [0.15, 0.2) is 5.78 Å². The van der Waals surface area contributed by atoms with Gasteiger partial charge >= 0.3 is 12.1 Å². The van der Waals surface area contributed by atoms with Crippen LogP contribution in [0, 0.1) is 0 Å². The molecule has 0 saturated heterocycles. The van der Waals surface area contributed by atoms with Crippen molar-refractivity contribution in [2.45, 2.75) is 97.0 Å². The van der Waals surface area contributed by atoms with Crippen LogP contribution in [-0.4, -0.2) is 80.6 Å². The van der Waals surface area contributed by atoms with Crippen molar-refractivity contribution in [1.82, 2.24) is 10.6 Å². The van der Waals surface area contributed by atoms with Crippen molar-refractivity contribution < 1.29 is 48.0 Å². The molecular formula is C40H56N2O10. The first kappa shape index (κ1) is 41.8. The van der Waals surface area contributed by atoms with Gasteiger partial charge in [-0.25, -0.2) is 4.79 Å². The van der Waals surface area contributed by atoms with Crippen molar-refractivity contribution in [3.8, 4) is 17.2 Å². The first-order valence-corrected chi connectivity index (χ1v) is 18.3. The summed E-state index contributed by atoms with van der Waals surface area (Å²) in [5.74, 6) is 1.10. The van der Waals surface area contributed by atoms with Crippen LogP contribution in [0.4, 0.5) is 4.79 Å². The van der Waals surface area contributed by atoms with Crippen molar-refractivity contribution in [2.24, 2.45) is 0 Å². The van der Waals surface area contributed by atoms with Crippen molar-refractivity contribution in [3.05, 3.63) is 65.2 Å². The van der Waals surface area contributed by atoms with E-state index in [0.29, 0.717) is 75.8 Å². The fourth-order valence-corrected chi connectivity index (χ4v) is 5.73. The number of nitrogens with one attached hydrogen (secondary N) is 2. The fraction of sp³-hybridized carbons (Fsp3) is 0.550. The van der Waals surface area contributed by atoms with E-state index in [1.165, 1.54) is 0 Å². The molecule has 3 rings (SSSR count). The van der Waals surface area contributed by atoms with Crippen molar-refractivity contribution in [2.75, 3.05) is 46.1 Å². The van der Waals surface area contributed by atoms with Gasteiger partial charge in [0.05, 0.1) is 33.0 Å². The number of carbonyl (C=O) groups is 4. The van der Waals surface area contributed by atoms with Crippen LogP contribution in [0.3, 0.4) is 0 Å². The predicted molar refractivity (Wildman–Crippen MR) is 198 cm³/mol. The molecule has 2 aromatic rings. The van der Waals surface area contributed by atoms with E-state index < -0.39 is 17.7 Å². The zero-order chi connectivity index (χ0) is 37.8. The van der Waals surface area contributed by atoms with Gasteiger partial charge in [0, 0.05) is 49.0 Å². The second-order valence-corrected chi connectivity index (χ2v) is 13.6. The third kappa shape index (κ3) is 15.3. The number of allylic oxidation sites excluding steroid dienone is 1. The third-order valence-electron chi connectivity index (χ3n) is 8.14. The standard InChI is InChI=1S/C40H56N2O10/c1-5-12-31-29-13-9-14-33(43)30(29)18-20-36(31)50-25-8-6-7-24-49-34-15-10-16-35(32(34)19-21-38(45)46)51-26-11-17-37(44)41-22-27-48-28-23-42-39(47)52-40(2,3)4/h5,10,15-16,18,20H,1,6-9,11-14,17,19,21-28H2,2-4H3,(H,41,44)(H,42,47)(H,45,46). The van der Waals surface area contributed by atoms with Gasteiger partial charge in [0.2, 0.25) is 5.91 Å². The maximum Gasteiger partial charge on any atom is 0.407 e. The minimum atomic E-state index is -0.914. The second-order valence-electron chi connectivity index (χ2n) is 13.6. The summed E-state index contributed by atoms with van der Waals surface area (Å²) in [6.07, 6.45) is 7.75. The lowest BCUT2D eigenvalue weighted by molar-refractivity contribution is -0.137. The van der Waals surface area contributed by atoms with Gasteiger partial charge in [-0.15, -0.1) is 6.58 Å². The van der Waals surface area contributed by atoms with Gasteiger partial charge in [-0.2, -0.15) is 0 Å². The molecule has 0 heterocycles. The Kier molecular flexibility index (Phi) is 18.0. The number of hydrogen-bond acceptors (Lipinski definition) is 9. The van der Waals surface area contributed by atoms with Crippen LogP contribution in [0.15, 0.2) is 43.0 Å². The number of carboxylic acid groups (broad SMARTS) is 1. The lowest BCUT2D eigenvalue weighted by Crippen LogP contribution is -2.34. The number of ether oxygens (including phenoxy) is 5. The largest absolute Gasteiger partial charge is 0.493 e. The van der Waals surface area contributed by atoms with Gasteiger partial charge < -0.3 is 39.4 Å². The summed E-state index contributed by atoms with van der Waals surface area (Å²) in [5, 5.41) is 14.7. The van der Waals surface area contributed by atoms with Gasteiger partial charge in [-0.3, -0.25) is 14.4 Å². The number of rotatable bonds is 24. The van der Waals surface area contributed by atoms with Crippen molar-refractivity contribution >= 4 is 23.8 Å². The molecule has 1 aliphatic rings. The first-order valence-electron chi connectivity index (χ1n) is 18.3. The normalized spacial score (nSPS) is 12.4. The maximum atomic E-state index is 12.4. The fourth-order valence-electron chi connectivity index (χ4n) is 5.73. The Balaban J connectivity index is 1.35. The van der Waals surface area contributed by atoms with Crippen molar-refractivity contribution in [3.63, 3.8) is 0 Å². The monoisotopic (exact) mass is 724 g/mol. The smallest absolute Gasteiger partial charge is 0.407 e. The molecule has 12 heteroatoms. The Morgan fingerprint density at radius 1 is 0.808 bits per heavy atom. The SMILES string of the molecule is C=CCc1c(OCCCCCOc2cccc(OCCCC(=O)NCCOCCNC(=O)OC(C)(C)C)c2CCC(=O)O)ccc2c1CCCC2=O. The molecule has 0 fully saturated rings. The summed E-state index contributed by atoms with van der Waals surface area (Å²) in [6.45, 7) is 11.8. The molecule has 0 aromatic heterocycles. The number of carboxylic acids is 1. The molecule has 0 bridgehead atoms. The number of amides is 2. The van der Waals surface area contributed by atoms with Crippen molar-refractivity contribution in [1.29, 1.82) is 0 Å². The third-order valence-corrected chi connectivity index (χ3v) is 8.14. The Labute approximate surface area is 307 Å². The first-order chi connectivity index (χ1) is 25.0. The zero-order valence-electron chi connectivity index (χ0n) is 31.0. The molecule has 0 radical (unpaired) electrons. The van der Waals surface area contributed by atoms with Crippen LogP contribution in [0.2, 0.25) is 0 Å². The van der Waals surface area contributed by atoms with E-state index in [1.807, 2.05) is 30.3 Å². The summed E-state index contributed by atoms with van der Waals surface area (Å²) in [6, 6.07) is 9.21. The van der Waals surface area contributed by atoms with E-state index >= 15 is 0 Å². The molecule has 3 N–H and O–H groups in total. The number of hydrogen-bond donors (Lipinski definition) is 3. The topological polar surface area (TPSA) is 159 Å². The van der Waals surface area contributed by atoms with Crippen LogP contribution in [0.1, 0.15) is 99.2 Å². The molecule has 0 saturated carbocycles. The van der Waals surface area contributed by atoms with E-state index in [1.54, 1.807) is 26.8 Å². The lowest BCUT2D eigenvalue weighted by atomic mass is 9.86. The van der Waals surface area contributed by atoms with Crippen LogP contribution in [-0.2, 0) is 38.3 Å². The lowest BCUT2D eigenvalue weighted by Gasteiger charge is -2.21. The highest BCUT2D eigenvalue weighted by molar-refractivity contribution is 5.99. The summed E-state index contributed by atoms with van der Waals surface area (Å²) >= 11 is 0. The summed E-state index contributed by atoms with van der Waals surface area (Å²) in [5.41, 5.74) is 3.10. The molecule has 286 valence electrons. The Hall–Kier alpha value is -4.58. The highest BCUT2D eigenvalue weighted by Gasteiger charge is 2.22. The summed E-state index contributed by atoms with van der Waals surface area (Å²) in [4.78, 5) is 47.6. The number of unbranched alkanes of at least 4 members (excludes halogenated alkanes) is 2. The number of benzene rings is 2. The average Bonchev–Trinajstić information content (AvgIpc) is 3.09. The number of carbonyl (C=O) groups excluding carboxylic acids is 3. The number of ketones is 1. The molecule has 0 unspecified atom stereocenters. The number of aliphatic carboxylic acids is 1. The minimum Gasteiger partial charge on any atom is -0.493 e. The molecule has 2 aromatic carbocycles. The van der Waals surface area contributed by atoms with E-state index in [2.05, 4.69) is 17.2 Å². The molecule has 0 atom stereocenters. The Morgan fingerprint density at radius 2 is 1.44 bits per heavy atom. The maximum absolute atomic E-state index is 12.4. The minimum absolute atomic E-state index is 0.0691. The second kappa shape index (κ2) is 22.4. The molecular weight excluding hydrogens is 668 g/mol. The molecule has 1 aliphatic carbocycles. The average molecular weight is 725 g/mol. The molecule has 2 amide bonds. The van der Waals surface area contributed by atoms with E-state index in [9.17, 15) is 24.3 Å². The number of alkyl carbamates (subject to hydrolysis) is 1. The highest BCUT2D eigenvalue weighted by Crippen LogP contribution is 2.33. The summed E-state index contributed by atoms with van der Waals surface area (Å²) in [7, 11) is 0. The van der Waals surface area contributed by atoms with Gasteiger partial charge in [-0.1, -0.05) is 12.1 Å². The number of Topliss-reactive ketones (excluding diaryl/α,β-unsaturated/α-hetero) is 1. The van der Waals surface area contributed by atoms with E-state index in [0.717, 1.165) is 54.5 Å². The number of fused-ring (bicyclic) bond motifs is 1. The Morgan fingerprint density at radius 3 is 2.08 bits per heavy atom. The molecule has 12 nitrogen and oxygen atoms in total. The van der Waals surface area contributed by atoms with Gasteiger partial charge in [0.25, 0.3) is 0 Å². The van der Waals surface area contributed by atoms with Crippen LogP contribution >= 0.6 is 0 Å². The van der Waals surface area contributed by atoms with Crippen LogP contribution < -0.4 is 24.8 Å². The quantitative estimate of drug-likeness (QED) is 0.0818. The zero-order valence-corrected chi connectivity index (χ0v) is 31.0. The molecule has 52 heavy (non-hydrogen) atoms. The van der Waals surface area contributed by atoms with Crippen LogP contribution in [0.25, 0.3) is 0 Å². The van der Waals surface area contributed by atoms with Crippen LogP contribution in [0.5, 0.6) is 17.2 Å². The Bertz CT molecular complexity index is 1480. The summed E-state index contributed by atoms with van der Waals surface area (Å²) < 4.78 is 28.8. The molecule has 0 spiro atoms. The van der Waals surface area contributed by atoms with E-state index in [4.69, 9.17) is 23.7 Å². The molecule has 0 aliphatic heterocycles.